The van der Waals surface area contributed by atoms with Gasteiger partial charge < -0.3 is 0 Å². The Hall–Kier alpha value is 0.114. The summed E-state index contributed by atoms with van der Waals surface area (Å²) in [5, 5.41) is 0. The second-order valence-corrected chi connectivity index (χ2v) is 0.725. The molecule has 4 heteroatoms. The molecule has 0 spiro atoms. The average Bonchev–Trinajstić information content (AvgIpc) is 1.65. The summed E-state index contributed by atoms with van der Waals surface area (Å²) in [4.78, 5) is 18.7. The van der Waals surface area contributed by atoms with Crippen molar-refractivity contribution < 1.29 is 46.9 Å². The van der Waals surface area contributed by atoms with Crippen molar-refractivity contribution in [2.24, 2.45) is 0 Å². The molecule has 0 aliphatic carbocycles. The van der Waals surface area contributed by atoms with Crippen LogP contribution in [0.4, 0.5) is 0 Å². The van der Waals surface area contributed by atoms with E-state index in [1.54, 1.807) is 0 Å². The number of imide groups is 1. The van der Waals surface area contributed by atoms with Crippen molar-refractivity contribution in [3.8, 4) is 0 Å². The van der Waals surface area contributed by atoms with Crippen LogP contribution < -0.4 is 0 Å². The Labute approximate surface area is 66.3 Å². The molecule has 0 unspecified atom stereocenters. The molecular formula is C3H4NO2Y+. The van der Waals surface area contributed by atoms with Gasteiger partial charge in [0.25, 0.3) is 0 Å². The summed E-state index contributed by atoms with van der Waals surface area (Å²) in [5.41, 5.74) is 0. The summed E-state index contributed by atoms with van der Waals surface area (Å²) < 4.78 is 0.639. The smallest absolute Gasteiger partial charge is 0.222 e. The second-order valence-electron chi connectivity index (χ2n) is 0.725. The molecule has 0 aliphatic rings. The minimum atomic E-state index is 0. The van der Waals surface area contributed by atoms with Crippen molar-refractivity contribution in [3.63, 3.8) is 0 Å². The van der Waals surface area contributed by atoms with Gasteiger partial charge in [-0.1, -0.05) is 0 Å². The van der Waals surface area contributed by atoms with E-state index in [9.17, 15) is 9.59 Å². The van der Waals surface area contributed by atoms with E-state index in [0.717, 1.165) is 0 Å². The number of carbonyl (C=O) groups excluding carboxylic acids is 2. The summed E-state index contributed by atoms with van der Waals surface area (Å²) in [6.07, 6.45) is 0.653. The van der Waals surface area contributed by atoms with E-state index in [2.05, 4.69) is 6.72 Å². The summed E-state index contributed by atoms with van der Waals surface area (Å²) in [6.45, 7) is 2.97. The van der Waals surface area contributed by atoms with Gasteiger partial charge in [-0.15, -0.1) is 4.58 Å². The van der Waals surface area contributed by atoms with Crippen molar-refractivity contribution in [2.75, 3.05) is 0 Å². The quantitative estimate of drug-likeness (QED) is 0.307. The number of nitrogens with zero attached hydrogens (tertiary/aromatic N) is 1. The molecule has 7 heavy (non-hydrogen) atoms. The molecular weight excluding hydrogens is 171 g/mol. The van der Waals surface area contributed by atoms with Gasteiger partial charge in [-0.3, -0.25) is 0 Å². The van der Waals surface area contributed by atoms with E-state index in [-0.39, 0.29) is 32.7 Å². The van der Waals surface area contributed by atoms with Crippen molar-refractivity contribution >= 4 is 19.5 Å². The maximum Gasteiger partial charge on any atom is 0.382 e. The fourth-order valence-electron chi connectivity index (χ4n) is 0.0248. The van der Waals surface area contributed by atoms with Gasteiger partial charge in [0.1, 0.15) is 6.72 Å². The summed E-state index contributed by atoms with van der Waals surface area (Å²) in [6, 6.07) is 0. The van der Waals surface area contributed by atoms with Gasteiger partial charge in [-0.05, 0) is 0 Å². The van der Waals surface area contributed by atoms with Crippen LogP contribution in [0.15, 0.2) is 0 Å². The fraction of sp³-hybridized carbons (Fsp3) is 0. The Kier molecular flexibility index (Phi) is 8.88. The largest absolute Gasteiger partial charge is 0.382 e. The molecule has 3 nitrogen and oxygen atoms in total. The Morgan fingerprint density at radius 1 is 1.29 bits per heavy atom. The van der Waals surface area contributed by atoms with Gasteiger partial charge in [0.2, 0.25) is 0 Å². The van der Waals surface area contributed by atoms with Crippen LogP contribution in [0.5, 0.6) is 0 Å². The third-order valence-electron chi connectivity index (χ3n) is 0.271. The van der Waals surface area contributed by atoms with Crippen LogP contribution in [0.3, 0.4) is 0 Å². The number of hydrogen-bond acceptors (Lipinski definition) is 2. The maximum absolute atomic E-state index is 9.37. The molecule has 0 N–H and O–H groups in total. The molecule has 0 saturated heterocycles. The molecule has 0 aromatic carbocycles. The number of amides is 2. The monoisotopic (exact) mass is 175 g/mol. The topological polar surface area (TPSA) is 37.1 Å². The van der Waals surface area contributed by atoms with Crippen LogP contribution in [0.25, 0.3) is 0 Å². The van der Waals surface area contributed by atoms with Gasteiger partial charge in [-0.2, -0.15) is 0 Å². The molecule has 0 aromatic rings. The molecule has 0 aliphatic heterocycles. The van der Waals surface area contributed by atoms with Crippen molar-refractivity contribution in [3.05, 3.63) is 0 Å². The van der Waals surface area contributed by atoms with Gasteiger partial charge in [0.05, 0.1) is 0 Å². The van der Waals surface area contributed by atoms with E-state index in [4.69, 9.17) is 0 Å². The first kappa shape index (κ1) is 10.2. The zero-order chi connectivity index (χ0) is 4.99. The van der Waals surface area contributed by atoms with Crippen LogP contribution in [0.2, 0.25) is 0 Å². The second kappa shape index (κ2) is 6.11. The minimum absolute atomic E-state index is 0. The van der Waals surface area contributed by atoms with Gasteiger partial charge in [0, 0.05) is 32.7 Å². The van der Waals surface area contributed by atoms with Crippen LogP contribution in [-0.2, 0) is 42.3 Å². The zero-order valence-corrected chi connectivity index (χ0v) is 6.54. The van der Waals surface area contributed by atoms with E-state index < -0.39 is 0 Å². The number of hydrogen-bond donors (Lipinski definition) is 0. The zero-order valence-electron chi connectivity index (χ0n) is 3.70. The van der Waals surface area contributed by atoms with E-state index >= 15 is 0 Å². The van der Waals surface area contributed by atoms with Crippen LogP contribution >= 0.6 is 0 Å². The fourth-order valence-corrected chi connectivity index (χ4v) is 0.0248. The third-order valence-corrected chi connectivity index (χ3v) is 0.271. The predicted molar refractivity (Wildman–Crippen MR) is 19.5 cm³/mol. The van der Waals surface area contributed by atoms with Gasteiger partial charge in [-0.25, -0.2) is 9.59 Å². The van der Waals surface area contributed by atoms with Gasteiger partial charge in [0.15, 0.2) is 0 Å². The maximum atomic E-state index is 9.37. The molecule has 0 rings (SSSR count). The Balaban J connectivity index is 0. The molecule has 0 atom stereocenters. The molecule has 0 bridgehead atoms. The molecule has 0 fully saturated rings. The predicted octanol–water partition coefficient (Wildman–Crippen LogP) is -0.990. The van der Waals surface area contributed by atoms with E-state index in [1.807, 2.05) is 0 Å². The first-order valence-corrected chi connectivity index (χ1v) is 1.30. The first-order chi connectivity index (χ1) is 2.81. The summed E-state index contributed by atoms with van der Waals surface area (Å²) in [7, 11) is 0. The Morgan fingerprint density at radius 2 is 1.57 bits per heavy atom. The van der Waals surface area contributed by atoms with E-state index in [1.165, 1.54) is 0 Å². The minimum Gasteiger partial charge on any atom is -0.222 e. The molecule has 35 valence electrons. The Bertz CT molecular complexity index is 80.9. The van der Waals surface area contributed by atoms with Crippen molar-refractivity contribution in [1.82, 2.24) is 0 Å². The SMILES string of the molecule is C=[N+](C=O)C=O.[Y]. The average molecular weight is 175 g/mol. The molecule has 0 saturated carbocycles. The van der Waals surface area contributed by atoms with Gasteiger partial charge >= 0.3 is 12.8 Å². The van der Waals surface area contributed by atoms with Crippen molar-refractivity contribution in [1.29, 1.82) is 0 Å². The molecule has 2 amide bonds. The first-order valence-electron chi connectivity index (χ1n) is 1.30. The number of carbonyl (C=O) groups is 2. The molecule has 0 aromatic heterocycles. The molecule has 0 heterocycles. The third kappa shape index (κ3) is 6.11. The van der Waals surface area contributed by atoms with Crippen LogP contribution in [0, 0.1) is 0 Å². The molecule has 1 radical (unpaired) electrons. The summed E-state index contributed by atoms with van der Waals surface area (Å²) >= 11 is 0. The van der Waals surface area contributed by atoms with Crippen molar-refractivity contribution in [2.45, 2.75) is 0 Å². The summed E-state index contributed by atoms with van der Waals surface area (Å²) in [5.74, 6) is 0. The normalized spacial score (nSPS) is 5.71. The van der Waals surface area contributed by atoms with E-state index in [0.29, 0.717) is 17.4 Å². The van der Waals surface area contributed by atoms with Crippen LogP contribution in [-0.4, -0.2) is 24.1 Å². The number of rotatable bonds is 2. The Morgan fingerprint density at radius 3 is 1.57 bits per heavy atom. The van der Waals surface area contributed by atoms with Crippen LogP contribution in [0.1, 0.15) is 0 Å². The standard InChI is InChI=1S/C3H4NO2.Y/c1-4(2-5)3-6;/h2-3H,1H2;/q+1;.